The fraction of sp³-hybridized carbons (Fsp3) is 0.360. The smallest absolute Gasteiger partial charge is 0.242 e. The number of aliphatic hydroxyl groups is 1. The summed E-state index contributed by atoms with van der Waals surface area (Å²) in [5.41, 5.74) is 3.32. The maximum Gasteiger partial charge on any atom is 0.242 e. The number of benzene rings is 2. The molecule has 3 atom stereocenters. The predicted octanol–water partition coefficient (Wildman–Crippen LogP) is 1.92. The topological polar surface area (TPSA) is 64.1 Å². The highest BCUT2D eigenvalue weighted by Crippen LogP contribution is 2.42. The van der Waals surface area contributed by atoms with Gasteiger partial charge in [0, 0.05) is 12.5 Å². The van der Waals surface area contributed by atoms with Crippen LogP contribution in [-0.4, -0.2) is 84.0 Å². The Hall–Kier alpha value is -2.96. The fourth-order valence-electron chi connectivity index (χ4n) is 4.65. The molecule has 2 saturated heterocycles. The van der Waals surface area contributed by atoms with E-state index in [1.54, 1.807) is 9.80 Å². The van der Waals surface area contributed by atoms with Crippen LogP contribution in [0, 0.1) is 0 Å². The highest BCUT2D eigenvalue weighted by molar-refractivity contribution is 5.88. The van der Waals surface area contributed by atoms with E-state index < -0.39 is 0 Å². The Morgan fingerprint density at radius 2 is 1.71 bits per heavy atom. The molecule has 2 aliphatic heterocycles. The van der Waals surface area contributed by atoms with Gasteiger partial charge in [-0.15, -0.1) is 0 Å². The van der Waals surface area contributed by atoms with Crippen LogP contribution in [0.25, 0.3) is 12.2 Å². The Kier molecular flexibility index (Phi) is 6.20. The second-order valence-corrected chi connectivity index (χ2v) is 8.57. The van der Waals surface area contributed by atoms with E-state index in [1.165, 1.54) is 0 Å². The lowest BCUT2D eigenvalue weighted by Crippen LogP contribution is -2.73. The van der Waals surface area contributed by atoms with E-state index in [-0.39, 0.29) is 49.5 Å². The van der Waals surface area contributed by atoms with Crippen molar-refractivity contribution in [2.24, 2.45) is 0 Å². The highest BCUT2D eigenvalue weighted by atomic mass is 16.3. The van der Waals surface area contributed by atoms with Crippen molar-refractivity contribution < 1.29 is 14.7 Å². The lowest BCUT2D eigenvalue weighted by molar-refractivity contribution is -0.167. The number of carbonyl (C=O) groups excluding carboxylic acids is 2. The number of nitrogens with zero attached hydrogens (tertiary/aromatic N) is 3. The summed E-state index contributed by atoms with van der Waals surface area (Å²) in [6, 6.07) is 18.1. The highest BCUT2D eigenvalue weighted by Gasteiger charge is 2.54. The number of amides is 2. The van der Waals surface area contributed by atoms with E-state index in [4.69, 9.17) is 0 Å². The third kappa shape index (κ3) is 4.40. The van der Waals surface area contributed by atoms with Crippen molar-refractivity contribution in [3.05, 3.63) is 71.3 Å². The number of aliphatic hydroxyl groups excluding tert-OH is 1. The van der Waals surface area contributed by atoms with E-state index in [9.17, 15) is 14.7 Å². The minimum Gasteiger partial charge on any atom is -0.394 e. The molecule has 0 saturated carbocycles. The summed E-state index contributed by atoms with van der Waals surface area (Å²) in [5, 5.41) is 9.94. The van der Waals surface area contributed by atoms with Crippen LogP contribution < -0.4 is 0 Å². The van der Waals surface area contributed by atoms with E-state index >= 15 is 0 Å². The second kappa shape index (κ2) is 9.04. The molecule has 2 aromatic carbocycles. The second-order valence-electron chi connectivity index (χ2n) is 8.57. The van der Waals surface area contributed by atoms with Crippen LogP contribution in [0.2, 0.25) is 0 Å². The fourth-order valence-corrected chi connectivity index (χ4v) is 4.65. The molecular weight excluding hydrogens is 390 g/mol. The summed E-state index contributed by atoms with van der Waals surface area (Å²) in [6.45, 7) is 0.815. The molecule has 2 fully saturated rings. The predicted molar refractivity (Wildman–Crippen MR) is 121 cm³/mol. The van der Waals surface area contributed by atoms with Gasteiger partial charge >= 0.3 is 0 Å². The first-order valence-electron chi connectivity index (χ1n) is 10.7. The largest absolute Gasteiger partial charge is 0.394 e. The van der Waals surface area contributed by atoms with Crippen molar-refractivity contribution in [1.29, 1.82) is 0 Å². The van der Waals surface area contributed by atoms with Gasteiger partial charge in [-0.05, 0) is 30.8 Å². The molecule has 2 amide bonds. The first-order chi connectivity index (χ1) is 15.0. The van der Waals surface area contributed by atoms with E-state index in [0.717, 1.165) is 16.7 Å². The number of fused-ring (bicyclic) bond motifs is 1. The molecule has 6 heteroatoms. The van der Waals surface area contributed by atoms with E-state index in [0.29, 0.717) is 6.54 Å². The minimum absolute atomic E-state index is 0.0241. The number of rotatable bonds is 6. The molecule has 0 radical (unpaired) electrons. The van der Waals surface area contributed by atoms with Crippen molar-refractivity contribution in [3.63, 3.8) is 0 Å². The van der Waals surface area contributed by atoms with Gasteiger partial charge in [0.05, 0.1) is 31.8 Å². The Balaban J connectivity index is 1.49. The van der Waals surface area contributed by atoms with Gasteiger partial charge in [-0.1, -0.05) is 66.7 Å². The molecule has 162 valence electrons. The monoisotopic (exact) mass is 419 g/mol. The van der Waals surface area contributed by atoms with Gasteiger partial charge in [-0.3, -0.25) is 9.59 Å². The van der Waals surface area contributed by atoms with Gasteiger partial charge in [0.25, 0.3) is 0 Å². The number of carbonyl (C=O) groups is 2. The molecule has 0 spiro atoms. The molecular formula is C25H29N3O3. The maximum absolute atomic E-state index is 12.7. The minimum atomic E-state index is -0.227. The van der Waals surface area contributed by atoms with Crippen LogP contribution in [0.3, 0.4) is 0 Å². The number of piperazine rings is 1. The molecule has 0 aliphatic carbocycles. The molecule has 2 aromatic rings. The molecule has 2 aliphatic rings. The van der Waals surface area contributed by atoms with Crippen LogP contribution in [0.5, 0.6) is 0 Å². The van der Waals surface area contributed by atoms with Crippen molar-refractivity contribution in [2.75, 3.05) is 40.3 Å². The zero-order chi connectivity index (χ0) is 22.0. The van der Waals surface area contributed by atoms with Gasteiger partial charge in [-0.2, -0.15) is 0 Å². The van der Waals surface area contributed by atoms with Gasteiger partial charge < -0.3 is 19.8 Å². The summed E-state index contributed by atoms with van der Waals surface area (Å²) in [6.07, 6.45) is 4.14. The molecule has 2 heterocycles. The van der Waals surface area contributed by atoms with Gasteiger partial charge in [0.1, 0.15) is 0 Å². The van der Waals surface area contributed by atoms with Crippen LogP contribution in [-0.2, 0) is 9.59 Å². The number of hydrogen-bond acceptors (Lipinski definition) is 4. The first-order valence-corrected chi connectivity index (χ1v) is 10.7. The Bertz CT molecular complexity index is 956. The molecule has 0 unspecified atom stereocenters. The van der Waals surface area contributed by atoms with Gasteiger partial charge in [0.15, 0.2) is 0 Å². The van der Waals surface area contributed by atoms with Crippen LogP contribution in [0.15, 0.2) is 54.6 Å². The lowest BCUT2D eigenvalue weighted by Gasteiger charge is -2.58. The SMILES string of the molecule is CN(C)CC(=O)N1CC(=O)N2[C@@H](CO)[C@H](c3ccc(/C=C/c4ccccc4)cc3)[C@@H]2C1. The quantitative estimate of drug-likeness (QED) is 0.727. The van der Waals surface area contributed by atoms with Gasteiger partial charge in [-0.25, -0.2) is 0 Å². The van der Waals surface area contributed by atoms with E-state index in [1.807, 2.05) is 37.2 Å². The third-order valence-corrected chi connectivity index (χ3v) is 6.15. The molecule has 0 aromatic heterocycles. The summed E-state index contributed by atoms with van der Waals surface area (Å²) < 4.78 is 0. The summed E-state index contributed by atoms with van der Waals surface area (Å²) in [4.78, 5) is 30.4. The normalized spacial score (nSPS) is 23.2. The summed E-state index contributed by atoms with van der Waals surface area (Å²) >= 11 is 0. The van der Waals surface area contributed by atoms with Crippen LogP contribution in [0.4, 0.5) is 0 Å². The average Bonchev–Trinajstić information content (AvgIpc) is 2.74. The average molecular weight is 420 g/mol. The molecule has 4 rings (SSSR count). The standard InChI is InChI=1S/C25H29N3O3/c1-26(2)15-23(30)27-14-21-25(22(17-29)28(21)24(31)16-27)20-12-10-19(11-13-20)9-8-18-6-4-3-5-7-18/h3-13,21-22,25,29H,14-17H2,1-2H3/b9-8+/t21-,22-,25+/m0/s1. The Morgan fingerprint density at radius 3 is 2.32 bits per heavy atom. The lowest BCUT2D eigenvalue weighted by atomic mass is 9.73. The molecule has 6 nitrogen and oxygen atoms in total. The van der Waals surface area contributed by atoms with Crippen molar-refractivity contribution in [2.45, 2.75) is 18.0 Å². The third-order valence-electron chi connectivity index (χ3n) is 6.15. The van der Waals surface area contributed by atoms with Crippen molar-refractivity contribution in [3.8, 4) is 0 Å². The molecule has 31 heavy (non-hydrogen) atoms. The summed E-state index contributed by atoms with van der Waals surface area (Å²) in [7, 11) is 3.69. The Morgan fingerprint density at radius 1 is 1.06 bits per heavy atom. The zero-order valence-corrected chi connectivity index (χ0v) is 18.0. The van der Waals surface area contributed by atoms with Crippen molar-refractivity contribution >= 4 is 24.0 Å². The molecule has 1 N–H and O–H groups in total. The van der Waals surface area contributed by atoms with Crippen molar-refractivity contribution in [1.82, 2.24) is 14.7 Å². The Labute approximate surface area is 183 Å². The first kappa shape index (κ1) is 21.3. The van der Waals surface area contributed by atoms with Crippen LogP contribution >= 0.6 is 0 Å². The van der Waals surface area contributed by atoms with E-state index in [2.05, 4.69) is 48.6 Å². The van der Waals surface area contributed by atoms with Crippen LogP contribution in [0.1, 0.15) is 22.6 Å². The zero-order valence-electron chi connectivity index (χ0n) is 18.0. The van der Waals surface area contributed by atoms with Gasteiger partial charge in [0.2, 0.25) is 11.8 Å². The molecule has 0 bridgehead atoms. The number of likely N-dealkylation sites (N-methyl/N-ethyl adjacent to an activating group) is 1. The number of hydrogen-bond donors (Lipinski definition) is 1. The summed E-state index contributed by atoms with van der Waals surface area (Å²) in [5.74, 6) is -0.0947. The maximum atomic E-state index is 12.7.